The molecule has 3 atom stereocenters. The highest BCUT2D eigenvalue weighted by atomic mass is 16.5. The number of nitrogens with two attached hydrogens (primary N) is 1. The standard InChI is InChI=1S/C31H34N6O4/c1-40-31(39)37(30(38)29(32)28(22-11-4-2-5-12-22)23-13-6-3-7-14-23)27-15-9-8-10-21(27)16-17-24-18-33-26(20-41-24)25-19-34-36-35-25/h2-15,19,24,26,28-29,33H,16-18,20,32H2,1H3,(H,34,35,36)/t24-,26+,29+/m1/s1. The Morgan fingerprint density at radius 2 is 1.68 bits per heavy atom. The number of nitrogens with one attached hydrogen (secondary N) is 2. The fraction of sp³-hybridized carbons (Fsp3) is 0.290. The van der Waals surface area contributed by atoms with Gasteiger partial charge in [0.2, 0.25) is 0 Å². The van der Waals surface area contributed by atoms with E-state index in [4.69, 9.17) is 15.2 Å². The van der Waals surface area contributed by atoms with Crippen LogP contribution in [0.1, 0.15) is 40.8 Å². The third-order valence-electron chi connectivity index (χ3n) is 7.39. The number of morpholine rings is 1. The van der Waals surface area contributed by atoms with Crippen molar-refractivity contribution in [1.82, 2.24) is 20.7 Å². The van der Waals surface area contributed by atoms with Crippen molar-refractivity contribution in [3.63, 3.8) is 0 Å². The van der Waals surface area contributed by atoms with Crippen molar-refractivity contribution in [1.29, 1.82) is 0 Å². The number of nitrogens with zero attached hydrogens (tertiary/aromatic N) is 3. The van der Waals surface area contributed by atoms with Gasteiger partial charge in [-0.15, -0.1) is 0 Å². The number of carbonyl (C=O) groups excluding carboxylic acids is 2. The first-order valence-corrected chi connectivity index (χ1v) is 13.6. The monoisotopic (exact) mass is 554 g/mol. The zero-order valence-electron chi connectivity index (χ0n) is 22.9. The van der Waals surface area contributed by atoms with E-state index in [0.29, 0.717) is 31.7 Å². The zero-order valence-corrected chi connectivity index (χ0v) is 22.9. The maximum atomic E-state index is 14.1. The molecule has 0 saturated carbocycles. The summed E-state index contributed by atoms with van der Waals surface area (Å²) in [6.07, 6.45) is 2.11. The van der Waals surface area contributed by atoms with Crippen molar-refractivity contribution in [2.24, 2.45) is 5.73 Å². The van der Waals surface area contributed by atoms with Crippen LogP contribution in [-0.4, -0.2) is 59.8 Å². The quantitative estimate of drug-likeness (QED) is 0.285. The summed E-state index contributed by atoms with van der Waals surface area (Å²) < 4.78 is 11.2. The molecular formula is C31H34N6O4. The van der Waals surface area contributed by atoms with Crippen LogP contribution in [0.15, 0.2) is 91.1 Å². The van der Waals surface area contributed by atoms with Crippen molar-refractivity contribution in [2.75, 3.05) is 25.2 Å². The van der Waals surface area contributed by atoms with E-state index in [2.05, 4.69) is 20.7 Å². The van der Waals surface area contributed by atoms with E-state index in [1.165, 1.54) is 7.11 Å². The molecule has 5 rings (SSSR count). The average molecular weight is 555 g/mol. The van der Waals surface area contributed by atoms with Crippen LogP contribution in [-0.2, 0) is 20.7 Å². The van der Waals surface area contributed by atoms with Crippen molar-refractivity contribution in [3.8, 4) is 0 Å². The van der Waals surface area contributed by atoms with E-state index < -0.39 is 24.0 Å². The first kappa shape index (κ1) is 28.2. The van der Waals surface area contributed by atoms with Crippen LogP contribution in [0.5, 0.6) is 0 Å². The van der Waals surface area contributed by atoms with Gasteiger partial charge < -0.3 is 20.5 Å². The molecule has 10 heteroatoms. The number of rotatable bonds is 9. The van der Waals surface area contributed by atoms with Gasteiger partial charge in [-0.1, -0.05) is 78.9 Å². The number of para-hydroxylation sites is 1. The number of carbonyl (C=O) groups is 2. The minimum atomic E-state index is -1.05. The predicted molar refractivity (Wildman–Crippen MR) is 154 cm³/mol. The molecule has 0 bridgehead atoms. The van der Waals surface area contributed by atoms with Gasteiger partial charge in [0, 0.05) is 12.5 Å². The lowest BCUT2D eigenvalue weighted by atomic mass is 9.84. The highest BCUT2D eigenvalue weighted by Gasteiger charge is 2.36. The third kappa shape index (κ3) is 6.51. The van der Waals surface area contributed by atoms with E-state index in [-0.39, 0.29) is 12.1 Å². The molecule has 0 unspecified atom stereocenters. The Morgan fingerprint density at radius 3 is 2.27 bits per heavy atom. The summed E-state index contributed by atoms with van der Waals surface area (Å²) in [5.74, 6) is -1.02. The number of imide groups is 1. The van der Waals surface area contributed by atoms with Gasteiger partial charge in [0.1, 0.15) is 5.69 Å². The van der Waals surface area contributed by atoms with Gasteiger partial charge in [-0.3, -0.25) is 4.79 Å². The van der Waals surface area contributed by atoms with Gasteiger partial charge in [0.25, 0.3) is 5.91 Å². The lowest BCUT2D eigenvalue weighted by molar-refractivity contribution is -0.119. The number of ether oxygens (including phenoxy) is 2. The maximum Gasteiger partial charge on any atom is 0.420 e. The van der Waals surface area contributed by atoms with Gasteiger partial charge in [-0.25, -0.2) is 9.69 Å². The minimum Gasteiger partial charge on any atom is -0.452 e. The van der Waals surface area contributed by atoms with E-state index in [1.54, 1.807) is 18.3 Å². The van der Waals surface area contributed by atoms with Crippen molar-refractivity contribution in [2.45, 2.75) is 36.9 Å². The number of H-pyrrole nitrogens is 1. The highest BCUT2D eigenvalue weighted by Crippen LogP contribution is 2.31. The molecule has 1 saturated heterocycles. The molecule has 1 fully saturated rings. The Kier molecular flexibility index (Phi) is 9.15. The summed E-state index contributed by atoms with van der Waals surface area (Å²) in [7, 11) is 1.26. The molecule has 10 nitrogen and oxygen atoms in total. The molecule has 41 heavy (non-hydrogen) atoms. The van der Waals surface area contributed by atoms with E-state index in [1.807, 2.05) is 72.8 Å². The smallest absolute Gasteiger partial charge is 0.420 e. The fourth-order valence-corrected chi connectivity index (χ4v) is 5.25. The number of hydrogen-bond donors (Lipinski definition) is 3. The fourth-order valence-electron chi connectivity index (χ4n) is 5.25. The molecule has 1 aromatic heterocycles. The normalized spacial score (nSPS) is 17.6. The van der Waals surface area contributed by atoms with Gasteiger partial charge in [-0.05, 0) is 35.6 Å². The number of methoxy groups -OCH3 is 1. The Balaban J connectivity index is 1.36. The van der Waals surface area contributed by atoms with Gasteiger partial charge in [0.05, 0.1) is 43.8 Å². The largest absolute Gasteiger partial charge is 0.452 e. The summed E-state index contributed by atoms with van der Waals surface area (Å²) in [4.78, 5) is 28.3. The summed E-state index contributed by atoms with van der Waals surface area (Å²) in [5, 5.41) is 14.1. The van der Waals surface area contributed by atoms with Crippen molar-refractivity contribution < 1.29 is 19.1 Å². The van der Waals surface area contributed by atoms with Crippen LogP contribution < -0.4 is 16.0 Å². The number of anilines is 1. The molecule has 2 amide bonds. The molecule has 3 aromatic carbocycles. The van der Waals surface area contributed by atoms with Crippen LogP contribution in [0.3, 0.4) is 0 Å². The van der Waals surface area contributed by atoms with Gasteiger partial charge in [0.15, 0.2) is 0 Å². The molecule has 0 spiro atoms. The zero-order chi connectivity index (χ0) is 28.6. The third-order valence-corrected chi connectivity index (χ3v) is 7.39. The van der Waals surface area contributed by atoms with E-state index in [0.717, 1.165) is 27.3 Å². The van der Waals surface area contributed by atoms with Crippen molar-refractivity contribution in [3.05, 3.63) is 114 Å². The van der Waals surface area contributed by atoms with Crippen molar-refractivity contribution >= 4 is 17.7 Å². The first-order chi connectivity index (χ1) is 20.1. The number of aryl methyl sites for hydroxylation is 1. The number of amides is 2. The van der Waals surface area contributed by atoms with Crippen LogP contribution >= 0.6 is 0 Å². The number of benzene rings is 3. The first-order valence-electron chi connectivity index (χ1n) is 13.6. The molecule has 1 aliphatic heterocycles. The molecule has 4 N–H and O–H groups in total. The second kappa shape index (κ2) is 13.3. The Morgan fingerprint density at radius 1 is 1.02 bits per heavy atom. The molecule has 0 aliphatic carbocycles. The lowest BCUT2D eigenvalue weighted by Gasteiger charge is -2.31. The van der Waals surface area contributed by atoms with E-state index >= 15 is 0 Å². The van der Waals surface area contributed by atoms with Gasteiger partial charge >= 0.3 is 6.09 Å². The SMILES string of the molecule is COC(=O)N(C(=O)[C@@H](N)C(c1ccccc1)c1ccccc1)c1ccccc1CC[C@@H]1CN[C@H](c2cn[nH]n2)CO1. The molecular weight excluding hydrogens is 520 g/mol. The molecule has 212 valence electrons. The molecule has 1 aliphatic rings. The second-order valence-electron chi connectivity index (χ2n) is 9.95. The molecule has 4 aromatic rings. The van der Waals surface area contributed by atoms with Crippen LogP contribution in [0, 0.1) is 0 Å². The summed E-state index contributed by atoms with van der Waals surface area (Å²) in [6.45, 7) is 1.11. The predicted octanol–water partition coefficient (Wildman–Crippen LogP) is 3.73. The molecule has 0 radical (unpaired) electrons. The number of hydrogen-bond acceptors (Lipinski definition) is 8. The summed E-state index contributed by atoms with van der Waals surface area (Å²) in [6, 6.07) is 25.5. The van der Waals surface area contributed by atoms with Crippen LogP contribution in [0.2, 0.25) is 0 Å². The highest BCUT2D eigenvalue weighted by molar-refractivity contribution is 6.15. The average Bonchev–Trinajstić information content (AvgIpc) is 3.57. The number of aromatic amines is 1. The Hall–Kier alpha value is -4.38. The van der Waals surface area contributed by atoms with E-state index in [9.17, 15) is 9.59 Å². The summed E-state index contributed by atoms with van der Waals surface area (Å²) in [5.41, 5.74) is 10.5. The summed E-state index contributed by atoms with van der Waals surface area (Å²) >= 11 is 0. The Bertz CT molecular complexity index is 1370. The second-order valence-corrected chi connectivity index (χ2v) is 9.95. The molecule has 2 heterocycles. The Labute approximate surface area is 238 Å². The van der Waals surface area contributed by atoms with Crippen LogP contribution in [0.25, 0.3) is 0 Å². The van der Waals surface area contributed by atoms with Gasteiger partial charge in [-0.2, -0.15) is 15.4 Å². The minimum absolute atomic E-state index is 0.0200. The lowest BCUT2D eigenvalue weighted by Crippen LogP contribution is -2.50. The maximum absolute atomic E-state index is 14.1. The topological polar surface area (TPSA) is 135 Å². The number of aromatic nitrogens is 3. The van der Waals surface area contributed by atoms with Crippen LogP contribution in [0.4, 0.5) is 10.5 Å².